The molecule has 0 aromatic heterocycles. The van der Waals surface area contributed by atoms with E-state index in [0.717, 1.165) is 24.3 Å². The van der Waals surface area contributed by atoms with Gasteiger partial charge in [0.05, 0.1) is 12.2 Å². The average molecular weight is 256 g/mol. The molecule has 16 heavy (non-hydrogen) atoms. The lowest BCUT2D eigenvalue weighted by molar-refractivity contribution is -0.137. The molecule has 4 nitrogen and oxygen atoms in total. The molecule has 0 amide bonds. The summed E-state index contributed by atoms with van der Waals surface area (Å²) in [5.41, 5.74) is -0.580. The molecule has 8 heteroatoms. The Kier molecular flexibility index (Phi) is 3.75. The highest BCUT2D eigenvalue weighted by Crippen LogP contribution is 2.37. The summed E-state index contributed by atoms with van der Waals surface area (Å²) >= 11 is 0. The molecule has 0 heterocycles. The molecule has 1 rings (SSSR count). The lowest BCUT2D eigenvalue weighted by Gasteiger charge is -2.08. The number of rotatable bonds is 3. The second-order valence-corrected chi connectivity index (χ2v) is 4.20. The molecule has 0 unspecified atom stereocenters. The van der Waals surface area contributed by atoms with E-state index in [-0.39, 0.29) is 5.56 Å². The van der Waals surface area contributed by atoms with Crippen molar-refractivity contribution in [3.05, 3.63) is 35.4 Å². The molecular weight excluding hydrogens is 248 g/mol. The van der Waals surface area contributed by atoms with E-state index < -0.39 is 26.2 Å². The van der Waals surface area contributed by atoms with Crippen molar-refractivity contribution in [3.8, 4) is 0 Å². The van der Waals surface area contributed by atoms with E-state index in [1.807, 2.05) is 0 Å². The van der Waals surface area contributed by atoms with Crippen LogP contribution in [0.2, 0.25) is 0 Å². The number of phosphoric acid groups is 1. The topological polar surface area (TPSA) is 66.8 Å². The lowest BCUT2D eigenvalue weighted by atomic mass is 10.1. The van der Waals surface area contributed by atoms with Crippen molar-refractivity contribution in [3.63, 3.8) is 0 Å². The molecule has 1 aromatic carbocycles. The van der Waals surface area contributed by atoms with E-state index in [9.17, 15) is 17.7 Å². The standard InChI is InChI=1S/C8H8F3O4P/c9-8(10,11)7-3-1-6(2-4-7)5-15-16(12,13)14/h1-4H,5H2,(H2,12,13,14). The van der Waals surface area contributed by atoms with Crippen molar-refractivity contribution < 1.29 is 32.0 Å². The van der Waals surface area contributed by atoms with Crippen LogP contribution >= 0.6 is 7.82 Å². The van der Waals surface area contributed by atoms with E-state index in [1.165, 1.54) is 0 Å². The first-order valence-corrected chi connectivity index (χ1v) is 5.58. The van der Waals surface area contributed by atoms with E-state index in [0.29, 0.717) is 0 Å². The van der Waals surface area contributed by atoms with Gasteiger partial charge in [-0.25, -0.2) is 4.57 Å². The Hall–Kier alpha value is -0.880. The second-order valence-electron chi connectivity index (χ2n) is 2.96. The van der Waals surface area contributed by atoms with Crippen LogP contribution in [0.5, 0.6) is 0 Å². The van der Waals surface area contributed by atoms with Gasteiger partial charge in [0.1, 0.15) is 0 Å². The third kappa shape index (κ3) is 4.32. The van der Waals surface area contributed by atoms with Gasteiger partial charge in [-0.15, -0.1) is 0 Å². The van der Waals surface area contributed by atoms with Crippen LogP contribution in [-0.2, 0) is 21.9 Å². The average Bonchev–Trinajstić information content (AvgIpc) is 2.13. The third-order valence-corrected chi connectivity index (χ3v) is 2.15. The molecule has 1 aromatic rings. The monoisotopic (exact) mass is 256 g/mol. The van der Waals surface area contributed by atoms with Crippen molar-refractivity contribution in [1.82, 2.24) is 0 Å². The first-order chi connectivity index (χ1) is 7.18. The van der Waals surface area contributed by atoms with Gasteiger partial charge in [0, 0.05) is 0 Å². The molecule has 0 fully saturated rings. The minimum absolute atomic E-state index is 0.247. The highest BCUT2D eigenvalue weighted by Gasteiger charge is 2.29. The summed E-state index contributed by atoms with van der Waals surface area (Å²) in [6.07, 6.45) is -4.43. The number of benzene rings is 1. The number of phosphoric ester groups is 1. The van der Waals surface area contributed by atoms with Crippen molar-refractivity contribution in [1.29, 1.82) is 0 Å². The molecular formula is C8H8F3O4P. The number of hydrogen-bond acceptors (Lipinski definition) is 2. The highest BCUT2D eigenvalue weighted by molar-refractivity contribution is 7.46. The fourth-order valence-corrected chi connectivity index (χ4v) is 1.27. The quantitative estimate of drug-likeness (QED) is 0.814. The molecule has 0 saturated heterocycles. The molecule has 90 valence electrons. The summed E-state index contributed by atoms with van der Waals surface area (Å²) in [4.78, 5) is 16.7. The van der Waals surface area contributed by atoms with E-state index >= 15 is 0 Å². The summed E-state index contributed by atoms with van der Waals surface area (Å²) in [5.74, 6) is 0. The molecule has 0 radical (unpaired) electrons. The molecule has 0 atom stereocenters. The smallest absolute Gasteiger partial charge is 0.303 e. The molecule has 0 saturated carbocycles. The zero-order chi connectivity index (χ0) is 12.4. The largest absolute Gasteiger partial charge is 0.469 e. The summed E-state index contributed by atoms with van der Waals surface area (Å²) in [7, 11) is -4.60. The number of alkyl halides is 3. The summed E-state index contributed by atoms with van der Waals surface area (Å²) in [6, 6.07) is 3.83. The van der Waals surface area contributed by atoms with Gasteiger partial charge in [-0.05, 0) is 17.7 Å². The number of hydrogen-bond donors (Lipinski definition) is 2. The van der Waals surface area contributed by atoms with Gasteiger partial charge in [-0.2, -0.15) is 13.2 Å². The van der Waals surface area contributed by atoms with Crippen molar-refractivity contribution in [2.75, 3.05) is 0 Å². The Morgan fingerprint density at radius 2 is 1.69 bits per heavy atom. The highest BCUT2D eigenvalue weighted by atomic mass is 31.2. The zero-order valence-electron chi connectivity index (χ0n) is 7.81. The van der Waals surface area contributed by atoms with Gasteiger partial charge in [0.2, 0.25) is 0 Å². The zero-order valence-corrected chi connectivity index (χ0v) is 8.70. The fraction of sp³-hybridized carbons (Fsp3) is 0.250. The molecule has 0 bridgehead atoms. The van der Waals surface area contributed by atoms with Crippen LogP contribution in [-0.4, -0.2) is 9.79 Å². The molecule has 2 N–H and O–H groups in total. The van der Waals surface area contributed by atoms with Crippen LogP contribution in [0.4, 0.5) is 13.2 Å². The van der Waals surface area contributed by atoms with Crippen LogP contribution in [0.3, 0.4) is 0 Å². The van der Waals surface area contributed by atoms with Crippen molar-refractivity contribution >= 4 is 7.82 Å². The summed E-state index contributed by atoms with van der Waals surface area (Å²) in [6.45, 7) is -0.442. The minimum atomic E-state index is -4.60. The molecule has 0 aliphatic heterocycles. The van der Waals surface area contributed by atoms with Gasteiger partial charge in [-0.3, -0.25) is 4.52 Å². The molecule has 0 aliphatic rings. The lowest BCUT2D eigenvalue weighted by Crippen LogP contribution is -2.04. The van der Waals surface area contributed by atoms with Crippen LogP contribution in [0, 0.1) is 0 Å². The van der Waals surface area contributed by atoms with Gasteiger partial charge in [0.25, 0.3) is 0 Å². The third-order valence-electron chi connectivity index (χ3n) is 1.68. The minimum Gasteiger partial charge on any atom is -0.303 e. The predicted molar refractivity (Wildman–Crippen MR) is 48.3 cm³/mol. The Bertz CT molecular complexity index is 395. The SMILES string of the molecule is O=P(O)(O)OCc1ccc(C(F)(F)F)cc1. The van der Waals surface area contributed by atoms with Crippen LogP contribution in [0.15, 0.2) is 24.3 Å². The first-order valence-electron chi connectivity index (χ1n) is 4.05. The summed E-state index contributed by atoms with van der Waals surface area (Å²) in [5, 5.41) is 0. The second kappa shape index (κ2) is 4.55. The first kappa shape index (κ1) is 13.2. The van der Waals surface area contributed by atoms with Crippen LogP contribution in [0.1, 0.15) is 11.1 Å². The van der Waals surface area contributed by atoms with Crippen molar-refractivity contribution in [2.24, 2.45) is 0 Å². The fourth-order valence-electron chi connectivity index (χ4n) is 0.949. The predicted octanol–water partition coefficient (Wildman–Crippen LogP) is 2.31. The van der Waals surface area contributed by atoms with E-state index in [1.54, 1.807) is 0 Å². The normalized spacial score (nSPS) is 12.8. The van der Waals surface area contributed by atoms with E-state index in [4.69, 9.17) is 9.79 Å². The van der Waals surface area contributed by atoms with Gasteiger partial charge < -0.3 is 9.79 Å². The Morgan fingerprint density at radius 3 is 2.06 bits per heavy atom. The number of halogens is 3. The van der Waals surface area contributed by atoms with Gasteiger partial charge in [-0.1, -0.05) is 12.1 Å². The maximum absolute atomic E-state index is 12.1. The maximum atomic E-state index is 12.1. The van der Waals surface area contributed by atoms with Crippen LogP contribution in [0.25, 0.3) is 0 Å². The Morgan fingerprint density at radius 1 is 1.19 bits per heavy atom. The van der Waals surface area contributed by atoms with Gasteiger partial charge in [0.15, 0.2) is 0 Å². The Labute approximate surface area is 88.9 Å². The van der Waals surface area contributed by atoms with E-state index in [2.05, 4.69) is 4.52 Å². The molecule has 0 spiro atoms. The van der Waals surface area contributed by atoms with Gasteiger partial charge >= 0.3 is 14.0 Å². The maximum Gasteiger partial charge on any atom is 0.469 e. The Balaban J connectivity index is 2.69. The van der Waals surface area contributed by atoms with Crippen LogP contribution < -0.4 is 0 Å². The summed E-state index contributed by atoms with van der Waals surface area (Å²) < 4.78 is 50.9. The molecule has 0 aliphatic carbocycles. The van der Waals surface area contributed by atoms with Crippen molar-refractivity contribution in [2.45, 2.75) is 12.8 Å².